The molecule has 1 aromatic carbocycles. The molecule has 0 amide bonds. The minimum Gasteiger partial charge on any atom is -0.389 e. The molecule has 0 spiro atoms. The number of benzene rings is 1. The monoisotopic (exact) mass is 344 g/mol. The van der Waals surface area contributed by atoms with Gasteiger partial charge < -0.3 is 5.11 Å². The molecule has 7 heteroatoms. The largest absolute Gasteiger partial charge is 0.389 e. The van der Waals surface area contributed by atoms with Gasteiger partial charge in [0.05, 0.1) is 18.0 Å². The molecule has 2 rings (SSSR count). The normalized spacial score (nSPS) is 13.5. The van der Waals surface area contributed by atoms with Crippen LogP contribution >= 0.6 is 15.9 Å². The molecule has 0 aliphatic carbocycles. The molecular weight excluding hydrogens is 332 g/mol. The summed E-state index contributed by atoms with van der Waals surface area (Å²) in [7, 11) is -3.26. The van der Waals surface area contributed by atoms with E-state index >= 15 is 0 Å². The molecule has 0 unspecified atom stereocenters. The van der Waals surface area contributed by atoms with Crippen molar-refractivity contribution in [2.75, 3.05) is 6.26 Å². The Balaban J connectivity index is 2.45. The quantitative estimate of drug-likeness (QED) is 0.925. The molecule has 102 valence electrons. The second-order valence-corrected chi connectivity index (χ2v) is 7.15. The SMILES string of the molecule is C[C@@H](O)c1ccc(-n2cc(S(C)(=O)=O)cn2)c(Br)c1. The molecule has 2 aromatic rings. The van der Waals surface area contributed by atoms with Crippen molar-refractivity contribution in [1.29, 1.82) is 0 Å². The van der Waals surface area contributed by atoms with Gasteiger partial charge in [-0.1, -0.05) is 6.07 Å². The van der Waals surface area contributed by atoms with Gasteiger partial charge in [-0.2, -0.15) is 5.10 Å². The summed E-state index contributed by atoms with van der Waals surface area (Å²) in [5.74, 6) is 0. The highest BCUT2D eigenvalue weighted by Crippen LogP contribution is 2.25. The zero-order valence-electron chi connectivity index (χ0n) is 10.4. The minimum absolute atomic E-state index is 0.166. The van der Waals surface area contributed by atoms with Gasteiger partial charge in [0.25, 0.3) is 0 Å². The van der Waals surface area contributed by atoms with Crippen LogP contribution in [0.25, 0.3) is 5.69 Å². The van der Waals surface area contributed by atoms with Crippen LogP contribution in [0.3, 0.4) is 0 Å². The Kier molecular flexibility index (Phi) is 3.80. The zero-order chi connectivity index (χ0) is 14.2. The topological polar surface area (TPSA) is 72.2 Å². The Hall–Kier alpha value is -1.18. The summed E-state index contributed by atoms with van der Waals surface area (Å²) in [4.78, 5) is 0.166. The predicted octanol–water partition coefficient (Wildman–Crippen LogP) is 2.09. The summed E-state index contributed by atoms with van der Waals surface area (Å²) in [5, 5.41) is 13.5. The van der Waals surface area contributed by atoms with E-state index in [0.717, 1.165) is 16.3 Å². The van der Waals surface area contributed by atoms with Gasteiger partial charge in [0.2, 0.25) is 0 Å². The summed E-state index contributed by atoms with van der Waals surface area (Å²) in [6.45, 7) is 1.68. The van der Waals surface area contributed by atoms with Crippen molar-refractivity contribution in [3.05, 3.63) is 40.6 Å². The van der Waals surface area contributed by atoms with E-state index in [4.69, 9.17) is 0 Å². The van der Waals surface area contributed by atoms with Crippen molar-refractivity contribution < 1.29 is 13.5 Å². The molecule has 1 heterocycles. The molecule has 1 N–H and O–H groups in total. The Labute approximate surface area is 119 Å². The maximum absolute atomic E-state index is 11.4. The van der Waals surface area contributed by atoms with Gasteiger partial charge in [-0.3, -0.25) is 0 Å². The molecule has 0 aliphatic rings. The Morgan fingerprint density at radius 3 is 2.58 bits per heavy atom. The molecule has 19 heavy (non-hydrogen) atoms. The molecule has 0 aliphatic heterocycles. The first-order valence-electron chi connectivity index (χ1n) is 5.51. The Bertz CT molecular complexity index is 708. The predicted molar refractivity (Wildman–Crippen MR) is 75.0 cm³/mol. The molecule has 0 fully saturated rings. The van der Waals surface area contributed by atoms with E-state index < -0.39 is 15.9 Å². The smallest absolute Gasteiger partial charge is 0.178 e. The number of sulfone groups is 1. The third kappa shape index (κ3) is 3.05. The van der Waals surface area contributed by atoms with Gasteiger partial charge in [-0.25, -0.2) is 13.1 Å². The average molecular weight is 345 g/mol. The number of halogens is 1. The first-order valence-corrected chi connectivity index (χ1v) is 8.20. The standard InChI is InChI=1S/C12H13BrN2O3S/c1-8(16)9-3-4-12(11(13)5-9)15-7-10(6-14-15)19(2,17)18/h3-8,16H,1-2H3/t8-/m1/s1. The van der Waals surface area contributed by atoms with Gasteiger partial charge >= 0.3 is 0 Å². The van der Waals surface area contributed by atoms with Crippen LogP contribution < -0.4 is 0 Å². The summed E-state index contributed by atoms with van der Waals surface area (Å²) in [5.41, 5.74) is 1.48. The summed E-state index contributed by atoms with van der Waals surface area (Å²) < 4.78 is 25.0. The van der Waals surface area contributed by atoms with Gasteiger partial charge in [0.1, 0.15) is 4.90 Å². The maximum atomic E-state index is 11.4. The van der Waals surface area contributed by atoms with Crippen LogP contribution in [0.15, 0.2) is 40.0 Å². The Morgan fingerprint density at radius 2 is 2.11 bits per heavy atom. The van der Waals surface area contributed by atoms with E-state index in [0.29, 0.717) is 5.69 Å². The molecule has 5 nitrogen and oxygen atoms in total. The lowest BCUT2D eigenvalue weighted by Gasteiger charge is -2.09. The van der Waals surface area contributed by atoms with Crippen LogP contribution in [0.5, 0.6) is 0 Å². The van der Waals surface area contributed by atoms with Crippen molar-refractivity contribution in [3.63, 3.8) is 0 Å². The number of hydrogen-bond donors (Lipinski definition) is 1. The number of hydrogen-bond acceptors (Lipinski definition) is 4. The molecule has 1 atom stereocenters. The molecule has 0 saturated heterocycles. The van der Waals surface area contributed by atoms with Gasteiger partial charge in [-0.15, -0.1) is 0 Å². The highest BCUT2D eigenvalue weighted by Gasteiger charge is 2.13. The van der Waals surface area contributed by atoms with E-state index in [9.17, 15) is 13.5 Å². The van der Waals surface area contributed by atoms with Gasteiger partial charge in [0, 0.05) is 16.9 Å². The van der Waals surface area contributed by atoms with Crippen molar-refractivity contribution in [3.8, 4) is 5.69 Å². The second-order valence-electron chi connectivity index (χ2n) is 4.28. The van der Waals surface area contributed by atoms with Crippen LogP contribution in [0, 0.1) is 0 Å². The van der Waals surface area contributed by atoms with Crippen molar-refractivity contribution in [1.82, 2.24) is 9.78 Å². The van der Waals surface area contributed by atoms with Crippen molar-refractivity contribution in [2.45, 2.75) is 17.9 Å². The lowest BCUT2D eigenvalue weighted by Crippen LogP contribution is -1.99. The number of aromatic nitrogens is 2. The second kappa shape index (κ2) is 5.07. The summed E-state index contributed by atoms with van der Waals surface area (Å²) in [6.07, 6.45) is 3.34. The maximum Gasteiger partial charge on any atom is 0.178 e. The van der Waals surface area contributed by atoms with E-state index in [2.05, 4.69) is 21.0 Å². The Morgan fingerprint density at radius 1 is 1.42 bits per heavy atom. The third-order valence-electron chi connectivity index (χ3n) is 2.69. The highest BCUT2D eigenvalue weighted by molar-refractivity contribution is 9.10. The molecule has 0 bridgehead atoms. The molecule has 0 saturated carbocycles. The fourth-order valence-corrected chi connectivity index (χ4v) is 2.71. The average Bonchev–Trinajstić information content (AvgIpc) is 2.77. The fraction of sp³-hybridized carbons (Fsp3) is 0.250. The van der Waals surface area contributed by atoms with Gasteiger partial charge in [-0.05, 0) is 40.5 Å². The van der Waals surface area contributed by atoms with Crippen LogP contribution in [-0.4, -0.2) is 29.6 Å². The molecular formula is C12H13BrN2O3S. The summed E-state index contributed by atoms with van der Waals surface area (Å²) >= 11 is 3.39. The van der Waals surface area contributed by atoms with Crippen molar-refractivity contribution in [2.24, 2.45) is 0 Å². The number of rotatable bonds is 3. The number of aliphatic hydroxyl groups is 1. The summed E-state index contributed by atoms with van der Waals surface area (Å²) in [6, 6.07) is 5.32. The van der Waals surface area contributed by atoms with E-state index in [1.807, 2.05) is 0 Å². The lowest BCUT2D eigenvalue weighted by atomic mass is 10.1. The lowest BCUT2D eigenvalue weighted by molar-refractivity contribution is 0.199. The first kappa shape index (κ1) is 14.2. The van der Waals surface area contributed by atoms with Gasteiger partial charge in [0.15, 0.2) is 9.84 Å². The van der Waals surface area contributed by atoms with E-state index in [1.54, 1.807) is 25.1 Å². The number of nitrogens with zero attached hydrogens (tertiary/aromatic N) is 2. The van der Waals surface area contributed by atoms with E-state index in [-0.39, 0.29) is 4.90 Å². The number of aliphatic hydroxyl groups excluding tert-OH is 1. The zero-order valence-corrected chi connectivity index (χ0v) is 12.8. The first-order chi connectivity index (χ1) is 8.79. The molecule has 0 radical (unpaired) electrons. The minimum atomic E-state index is -3.26. The van der Waals surface area contributed by atoms with Crippen LogP contribution in [0.1, 0.15) is 18.6 Å². The van der Waals surface area contributed by atoms with Crippen molar-refractivity contribution >= 4 is 25.8 Å². The molecule has 1 aromatic heterocycles. The highest BCUT2D eigenvalue weighted by atomic mass is 79.9. The van der Waals surface area contributed by atoms with Crippen LogP contribution in [0.4, 0.5) is 0 Å². The fourth-order valence-electron chi connectivity index (χ4n) is 1.60. The van der Waals surface area contributed by atoms with Crippen LogP contribution in [-0.2, 0) is 9.84 Å². The van der Waals surface area contributed by atoms with E-state index in [1.165, 1.54) is 17.1 Å². The third-order valence-corrected chi connectivity index (χ3v) is 4.39. The van der Waals surface area contributed by atoms with Crippen LogP contribution in [0.2, 0.25) is 0 Å².